The van der Waals surface area contributed by atoms with Gasteiger partial charge in [-0.2, -0.15) is 5.10 Å². The minimum absolute atomic E-state index is 0.250. The van der Waals surface area contributed by atoms with Crippen molar-refractivity contribution in [2.45, 2.75) is 19.4 Å². The van der Waals surface area contributed by atoms with Crippen molar-refractivity contribution in [1.29, 1.82) is 0 Å². The molecule has 2 aromatic heterocycles. The first-order chi connectivity index (χ1) is 9.22. The molecule has 0 aromatic carbocycles. The van der Waals surface area contributed by atoms with E-state index in [-0.39, 0.29) is 17.6 Å². The highest BCUT2D eigenvalue weighted by molar-refractivity contribution is 6.02. The minimum atomic E-state index is -0.306. The van der Waals surface area contributed by atoms with E-state index in [0.29, 0.717) is 18.1 Å². The standard InChI is InChI=1S/C12H14N4O3/c1-8-4-11(15-19-8)12(17)14-9-5-13-16(6-9)10-2-3-18-7-10/h4-6,10H,2-3,7H2,1H3,(H,14,17). The maximum atomic E-state index is 11.9. The molecule has 1 atom stereocenters. The molecule has 1 N–H and O–H groups in total. The van der Waals surface area contributed by atoms with E-state index in [1.165, 1.54) is 0 Å². The zero-order chi connectivity index (χ0) is 13.2. The van der Waals surface area contributed by atoms with E-state index in [9.17, 15) is 4.79 Å². The number of carbonyl (C=O) groups is 1. The van der Waals surface area contributed by atoms with Crippen molar-refractivity contribution in [3.05, 3.63) is 29.9 Å². The summed E-state index contributed by atoms with van der Waals surface area (Å²) in [5.74, 6) is 0.294. The monoisotopic (exact) mass is 262 g/mol. The largest absolute Gasteiger partial charge is 0.379 e. The van der Waals surface area contributed by atoms with Gasteiger partial charge in [0.05, 0.1) is 24.5 Å². The molecule has 1 fully saturated rings. The Bertz CT molecular complexity index is 583. The number of anilines is 1. The third-order valence-electron chi connectivity index (χ3n) is 3.00. The van der Waals surface area contributed by atoms with E-state index in [1.54, 1.807) is 25.4 Å². The SMILES string of the molecule is Cc1cc(C(=O)Nc2cnn(C3CCOC3)c2)no1. The van der Waals surface area contributed by atoms with Crippen LogP contribution in [0.25, 0.3) is 0 Å². The summed E-state index contributed by atoms with van der Waals surface area (Å²) >= 11 is 0. The van der Waals surface area contributed by atoms with Crippen LogP contribution in [0.15, 0.2) is 23.0 Å². The summed E-state index contributed by atoms with van der Waals surface area (Å²) in [6, 6.07) is 1.84. The van der Waals surface area contributed by atoms with Gasteiger partial charge >= 0.3 is 0 Å². The summed E-state index contributed by atoms with van der Waals surface area (Å²) in [5.41, 5.74) is 0.895. The molecule has 3 heterocycles. The molecule has 3 rings (SSSR count). The van der Waals surface area contributed by atoms with E-state index in [1.807, 2.05) is 4.68 Å². The molecule has 0 aliphatic carbocycles. The third-order valence-corrected chi connectivity index (χ3v) is 3.00. The highest BCUT2D eigenvalue weighted by Crippen LogP contribution is 2.19. The average Bonchev–Trinajstić information content (AvgIpc) is 3.07. The van der Waals surface area contributed by atoms with Gasteiger partial charge in [-0.15, -0.1) is 0 Å². The van der Waals surface area contributed by atoms with Crippen molar-refractivity contribution in [3.8, 4) is 0 Å². The molecule has 0 bridgehead atoms. The molecular weight excluding hydrogens is 248 g/mol. The Kier molecular flexibility index (Phi) is 3.04. The first-order valence-corrected chi connectivity index (χ1v) is 6.09. The first kappa shape index (κ1) is 11.9. The average molecular weight is 262 g/mol. The van der Waals surface area contributed by atoms with Crippen LogP contribution in [0.5, 0.6) is 0 Å². The molecule has 1 aliphatic heterocycles. The smallest absolute Gasteiger partial charge is 0.277 e. The van der Waals surface area contributed by atoms with Crippen LogP contribution < -0.4 is 5.32 Å². The summed E-state index contributed by atoms with van der Waals surface area (Å²) in [5, 5.41) is 10.6. The quantitative estimate of drug-likeness (QED) is 0.903. The number of rotatable bonds is 3. The van der Waals surface area contributed by atoms with E-state index in [2.05, 4.69) is 15.6 Å². The fraction of sp³-hybridized carbons (Fsp3) is 0.417. The highest BCUT2D eigenvalue weighted by Gasteiger charge is 2.19. The van der Waals surface area contributed by atoms with E-state index in [0.717, 1.165) is 13.0 Å². The molecular formula is C12H14N4O3. The number of nitrogens with one attached hydrogen (secondary N) is 1. The van der Waals surface area contributed by atoms with Crippen LogP contribution in [0.1, 0.15) is 28.7 Å². The van der Waals surface area contributed by atoms with Crippen LogP contribution in [0.4, 0.5) is 5.69 Å². The molecule has 2 aromatic rings. The van der Waals surface area contributed by atoms with Gasteiger partial charge in [0.2, 0.25) is 0 Å². The Balaban J connectivity index is 1.68. The Morgan fingerprint density at radius 2 is 2.47 bits per heavy atom. The molecule has 7 heteroatoms. The number of aromatic nitrogens is 3. The second kappa shape index (κ2) is 4.85. The van der Waals surface area contributed by atoms with Gasteiger partial charge in [-0.1, -0.05) is 5.16 Å². The Labute approximate surface area is 109 Å². The van der Waals surface area contributed by atoms with Crippen molar-refractivity contribution in [1.82, 2.24) is 14.9 Å². The van der Waals surface area contributed by atoms with Gasteiger partial charge in [0, 0.05) is 18.9 Å². The summed E-state index contributed by atoms with van der Waals surface area (Å²) in [7, 11) is 0. The van der Waals surface area contributed by atoms with Gasteiger partial charge in [0.1, 0.15) is 5.76 Å². The van der Waals surface area contributed by atoms with Gasteiger partial charge in [-0.3, -0.25) is 9.48 Å². The summed E-state index contributed by atoms with van der Waals surface area (Å²) in [4.78, 5) is 11.9. The molecule has 0 radical (unpaired) electrons. The molecule has 1 saturated heterocycles. The number of carbonyl (C=O) groups excluding carboxylic acids is 1. The van der Waals surface area contributed by atoms with Gasteiger partial charge < -0.3 is 14.6 Å². The van der Waals surface area contributed by atoms with Crippen LogP contribution in [-0.4, -0.2) is 34.1 Å². The fourth-order valence-corrected chi connectivity index (χ4v) is 2.00. The Morgan fingerprint density at radius 1 is 1.58 bits per heavy atom. The second-order valence-corrected chi connectivity index (χ2v) is 4.50. The maximum absolute atomic E-state index is 11.9. The molecule has 1 aliphatic rings. The lowest BCUT2D eigenvalue weighted by molar-refractivity contribution is 0.101. The van der Waals surface area contributed by atoms with E-state index < -0.39 is 0 Å². The number of hydrogen-bond donors (Lipinski definition) is 1. The molecule has 1 unspecified atom stereocenters. The van der Waals surface area contributed by atoms with Crippen LogP contribution in [-0.2, 0) is 4.74 Å². The van der Waals surface area contributed by atoms with Crippen molar-refractivity contribution >= 4 is 11.6 Å². The number of ether oxygens (including phenoxy) is 1. The summed E-state index contributed by atoms with van der Waals surface area (Å²) in [6.07, 6.45) is 4.35. The number of aryl methyl sites for hydroxylation is 1. The first-order valence-electron chi connectivity index (χ1n) is 6.09. The predicted octanol–water partition coefficient (Wildman–Crippen LogP) is 1.39. The fourth-order valence-electron chi connectivity index (χ4n) is 2.00. The summed E-state index contributed by atoms with van der Waals surface area (Å²) in [6.45, 7) is 3.16. The topological polar surface area (TPSA) is 82.2 Å². The van der Waals surface area contributed by atoms with Gasteiger partial charge in [0.25, 0.3) is 5.91 Å². The third kappa shape index (κ3) is 2.50. The van der Waals surface area contributed by atoms with Crippen LogP contribution in [0, 0.1) is 6.92 Å². The number of hydrogen-bond acceptors (Lipinski definition) is 5. The van der Waals surface area contributed by atoms with Gasteiger partial charge in [-0.25, -0.2) is 0 Å². The number of amides is 1. The van der Waals surface area contributed by atoms with Crippen LogP contribution in [0.2, 0.25) is 0 Å². The predicted molar refractivity (Wildman–Crippen MR) is 65.9 cm³/mol. The van der Waals surface area contributed by atoms with Crippen molar-refractivity contribution in [3.63, 3.8) is 0 Å². The highest BCUT2D eigenvalue weighted by atomic mass is 16.5. The molecule has 1 amide bonds. The van der Waals surface area contributed by atoms with Gasteiger partial charge in [0.15, 0.2) is 5.69 Å². The lowest BCUT2D eigenvalue weighted by Gasteiger charge is -2.06. The Morgan fingerprint density at radius 3 is 3.16 bits per heavy atom. The minimum Gasteiger partial charge on any atom is -0.379 e. The van der Waals surface area contributed by atoms with E-state index >= 15 is 0 Å². The lowest BCUT2D eigenvalue weighted by Crippen LogP contribution is -2.12. The molecule has 7 nitrogen and oxygen atoms in total. The van der Waals surface area contributed by atoms with Gasteiger partial charge in [-0.05, 0) is 13.3 Å². The Hall–Kier alpha value is -2.15. The number of nitrogens with zero attached hydrogens (tertiary/aromatic N) is 3. The second-order valence-electron chi connectivity index (χ2n) is 4.50. The van der Waals surface area contributed by atoms with Crippen LogP contribution in [0.3, 0.4) is 0 Å². The van der Waals surface area contributed by atoms with Crippen molar-refractivity contribution in [2.24, 2.45) is 0 Å². The maximum Gasteiger partial charge on any atom is 0.277 e. The lowest BCUT2D eigenvalue weighted by atomic mass is 10.3. The molecule has 19 heavy (non-hydrogen) atoms. The molecule has 0 saturated carbocycles. The van der Waals surface area contributed by atoms with E-state index in [4.69, 9.17) is 9.26 Å². The summed E-state index contributed by atoms with van der Waals surface area (Å²) < 4.78 is 12.0. The zero-order valence-corrected chi connectivity index (χ0v) is 10.5. The molecule has 0 spiro atoms. The zero-order valence-electron chi connectivity index (χ0n) is 10.5. The van der Waals surface area contributed by atoms with Crippen molar-refractivity contribution in [2.75, 3.05) is 18.5 Å². The van der Waals surface area contributed by atoms with Crippen LogP contribution >= 0.6 is 0 Å². The normalized spacial score (nSPS) is 18.7. The molecule has 100 valence electrons. The van der Waals surface area contributed by atoms with Crippen molar-refractivity contribution < 1.29 is 14.1 Å².